The molecule has 3 aromatic rings. The van der Waals surface area contributed by atoms with Crippen molar-refractivity contribution < 1.29 is 27.5 Å². The summed E-state index contributed by atoms with van der Waals surface area (Å²) in [5, 5.41) is 2.93. The highest BCUT2D eigenvalue weighted by atomic mass is 32.2. The van der Waals surface area contributed by atoms with Gasteiger partial charge < -0.3 is 19.7 Å². The molecule has 5 rings (SSSR count). The lowest BCUT2D eigenvalue weighted by atomic mass is 9.97. The molecule has 10 heteroatoms. The van der Waals surface area contributed by atoms with Gasteiger partial charge in [-0.15, -0.1) is 0 Å². The Morgan fingerprint density at radius 2 is 1.78 bits per heavy atom. The van der Waals surface area contributed by atoms with Gasteiger partial charge in [-0.2, -0.15) is 4.31 Å². The van der Waals surface area contributed by atoms with Crippen LogP contribution in [-0.4, -0.2) is 63.9 Å². The van der Waals surface area contributed by atoms with E-state index in [0.717, 1.165) is 11.1 Å². The summed E-state index contributed by atoms with van der Waals surface area (Å²) in [6.45, 7) is 2.67. The van der Waals surface area contributed by atoms with Crippen molar-refractivity contribution in [1.82, 2.24) is 9.62 Å². The number of para-hydroxylation sites is 2. The zero-order valence-corrected chi connectivity index (χ0v) is 24.1. The van der Waals surface area contributed by atoms with E-state index in [1.54, 1.807) is 41.3 Å². The minimum atomic E-state index is -3.89. The van der Waals surface area contributed by atoms with Crippen LogP contribution in [0.5, 0.6) is 11.5 Å². The van der Waals surface area contributed by atoms with Gasteiger partial charge in [-0.25, -0.2) is 8.42 Å². The Labute approximate surface area is 241 Å². The summed E-state index contributed by atoms with van der Waals surface area (Å²) < 4.78 is 40.0. The molecule has 0 spiro atoms. The predicted octanol–water partition coefficient (Wildman–Crippen LogP) is 3.56. The third-order valence-corrected chi connectivity index (χ3v) is 9.44. The molecule has 9 nitrogen and oxygen atoms in total. The molecule has 2 heterocycles. The highest BCUT2D eigenvalue weighted by Gasteiger charge is 2.40. The molecule has 0 radical (unpaired) electrons. The molecule has 2 amide bonds. The summed E-state index contributed by atoms with van der Waals surface area (Å²) in [5.74, 6) is -0.374. The fourth-order valence-electron chi connectivity index (χ4n) is 5.38. The second-order valence-electron chi connectivity index (χ2n) is 10.4. The average molecular weight is 578 g/mol. The third kappa shape index (κ3) is 6.23. The van der Waals surface area contributed by atoms with Crippen LogP contribution in [0.1, 0.15) is 24.0 Å². The van der Waals surface area contributed by atoms with Crippen molar-refractivity contribution in [3.05, 3.63) is 83.9 Å². The zero-order valence-electron chi connectivity index (χ0n) is 23.3. The second kappa shape index (κ2) is 12.3. The van der Waals surface area contributed by atoms with Gasteiger partial charge in [0.2, 0.25) is 15.9 Å². The number of amides is 2. The molecule has 0 saturated carbocycles. The Morgan fingerprint density at radius 1 is 1.02 bits per heavy atom. The van der Waals surface area contributed by atoms with E-state index in [9.17, 15) is 18.0 Å². The number of rotatable bonds is 8. The quantitative estimate of drug-likeness (QED) is 0.439. The number of hydrogen-bond acceptors (Lipinski definition) is 6. The number of anilines is 1. The minimum absolute atomic E-state index is 0.0436. The first-order valence-corrected chi connectivity index (χ1v) is 15.3. The highest BCUT2D eigenvalue weighted by Crippen LogP contribution is 2.36. The van der Waals surface area contributed by atoms with Crippen LogP contribution in [-0.2, 0) is 26.0 Å². The highest BCUT2D eigenvalue weighted by molar-refractivity contribution is 7.89. The molecule has 1 saturated heterocycles. The number of hydrogen-bond donors (Lipinski definition) is 1. The van der Waals surface area contributed by atoms with E-state index in [0.29, 0.717) is 43.8 Å². The molecule has 0 aromatic heterocycles. The zero-order chi connectivity index (χ0) is 29.0. The van der Waals surface area contributed by atoms with Crippen molar-refractivity contribution in [2.24, 2.45) is 5.92 Å². The maximum Gasteiger partial charge on any atom is 0.262 e. The molecule has 216 valence electrons. The smallest absolute Gasteiger partial charge is 0.262 e. The Hall–Kier alpha value is -3.89. The standard InChI is InChI=1S/C31H35N3O6S/c1-22-14-15-27(39-2)29(19-22)41(37,38)33-18-8-11-24(20-33)31(36)34-21-28(40-26-13-7-6-12-25(26)34)30(35)32-17-16-23-9-4-3-5-10-23/h3-7,9-10,12-15,19,24,28H,8,11,16-18,20-21H2,1-2H3,(H,32,35)/t24-,28+/m1/s1. The van der Waals surface area contributed by atoms with Crippen molar-refractivity contribution in [2.75, 3.05) is 38.2 Å². The number of sulfonamides is 1. The lowest BCUT2D eigenvalue weighted by Gasteiger charge is -2.38. The SMILES string of the molecule is COc1ccc(C)cc1S(=O)(=O)N1CCC[C@@H](C(=O)N2C[C@@H](C(=O)NCCc3ccccc3)Oc3ccccc32)C1. The van der Waals surface area contributed by atoms with Gasteiger partial charge in [0.15, 0.2) is 6.10 Å². The number of piperidine rings is 1. The van der Waals surface area contributed by atoms with Gasteiger partial charge in [0.05, 0.1) is 25.3 Å². The van der Waals surface area contributed by atoms with Gasteiger partial charge >= 0.3 is 0 Å². The van der Waals surface area contributed by atoms with Gasteiger partial charge in [0.25, 0.3) is 5.91 Å². The van der Waals surface area contributed by atoms with Crippen molar-refractivity contribution in [3.8, 4) is 11.5 Å². The van der Waals surface area contributed by atoms with Crippen LogP contribution in [0.3, 0.4) is 0 Å². The molecule has 1 fully saturated rings. The molecule has 2 aliphatic heterocycles. The predicted molar refractivity (Wildman–Crippen MR) is 156 cm³/mol. The summed E-state index contributed by atoms with van der Waals surface area (Å²) in [6, 6.07) is 22.0. The lowest BCUT2D eigenvalue weighted by Crippen LogP contribution is -2.54. The van der Waals surface area contributed by atoms with Crippen molar-refractivity contribution >= 4 is 27.5 Å². The van der Waals surface area contributed by atoms with Crippen LogP contribution in [0.2, 0.25) is 0 Å². The average Bonchev–Trinajstić information content (AvgIpc) is 3.00. The van der Waals surface area contributed by atoms with Gasteiger partial charge in [-0.05, 0) is 61.6 Å². The van der Waals surface area contributed by atoms with Crippen LogP contribution in [0, 0.1) is 12.8 Å². The summed E-state index contributed by atoms with van der Waals surface area (Å²) in [7, 11) is -2.45. The molecule has 41 heavy (non-hydrogen) atoms. The number of methoxy groups -OCH3 is 1. The number of fused-ring (bicyclic) bond motifs is 1. The number of aryl methyl sites for hydroxylation is 1. The minimum Gasteiger partial charge on any atom is -0.495 e. The Bertz CT molecular complexity index is 1510. The molecule has 2 aliphatic rings. The van der Waals surface area contributed by atoms with Gasteiger partial charge in [0, 0.05) is 19.6 Å². The van der Waals surface area contributed by atoms with Crippen molar-refractivity contribution in [3.63, 3.8) is 0 Å². The van der Waals surface area contributed by atoms with Crippen LogP contribution >= 0.6 is 0 Å². The van der Waals surface area contributed by atoms with E-state index in [4.69, 9.17) is 9.47 Å². The molecule has 0 bridgehead atoms. The Kier molecular flexibility index (Phi) is 8.60. The molecule has 1 N–H and O–H groups in total. The lowest BCUT2D eigenvalue weighted by molar-refractivity contribution is -0.129. The third-order valence-electron chi connectivity index (χ3n) is 7.56. The largest absolute Gasteiger partial charge is 0.495 e. The summed E-state index contributed by atoms with van der Waals surface area (Å²) in [6.07, 6.45) is 0.878. The van der Waals surface area contributed by atoms with Crippen molar-refractivity contribution in [1.29, 1.82) is 0 Å². The van der Waals surface area contributed by atoms with Crippen LogP contribution in [0.4, 0.5) is 5.69 Å². The topological polar surface area (TPSA) is 105 Å². The van der Waals surface area contributed by atoms with Crippen LogP contribution in [0.15, 0.2) is 77.7 Å². The van der Waals surface area contributed by atoms with E-state index < -0.39 is 22.0 Å². The number of nitrogens with one attached hydrogen (secondary N) is 1. The van der Waals surface area contributed by atoms with E-state index in [1.165, 1.54) is 11.4 Å². The van der Waals surface area contributed by atoms with E-state index >= 15 is 0 Å². The molecular formula is C31H35N3O6S. The molecule has 0 aliphatic carbocycles. The van der Waals surface area contributed by atoms with Crippen LogP contribution < -0.4 is 19.7 Å². The second-order valence-corrected chi connectivity index (χ2v) is 12.3. The number of ether oxygens (including phenoxy) is 2. The number of nitrogens with zero attached hydrogens (tertiary/aromatic N) is 2. The fraction of sp³-hybridized carbons (Fsp3) is 0.355. The van der Waals surface area contributed by atoms with Gasteiger partial charge in [-0.3, -0.25) is 9.59 Å². The normalized spacial score (nSPS) is 19.1. The van der Waals surface area contributed by atoms with Gasteiger partial charge in [-0.1, -0.05) is 48.5 Å². The van der Waals surface area contributed by atoms with Gasteiger partial charge in [0.1, 0.15) is 16.4 Å². The summed E-state index contributed by atoms with van der Waals surface area (Å²) in [5.41, 5.74) is 2.48. The molecular weight excluding hydrogens is 542 g/mol. The Morgan fingerprint density at radius 3 is 2.56 bits per heavy atom. The number of carbonyl (C=O) groups is 2. The first kappa shape index (κ1) is 28.6. The van der Waals surface area contributed by atoms with Crippen molar-refractivity contribution in [2.45, 2.75) is 37.2 Å². The first-order chi connectivity index (χ1) is 19.8. The van der Waals surface area contributed by atoms with E-state index in [1.807, 2.05) is 43.3 Å². The van der Waals surface area contributed by atoms with E-state index in [-0.39, 0.29) is 35.5 Å². The summed E-state index contributed by atoms with van der Waals surface area (Å²) in [4.78, 5) is 28.7. The maximum atomic E-state index is 14.0. The molecule has 3 aromatic carbocycles. The first-order valence-electron chi connectivity index (χ1n) is 13.8. The maximum absolute atomic E-state index is 14.0. The molecule has 0 unspecified atom stereocenters. The van der Waals surface area contributed by atoms with E-state index in [2.05, 4.69) is 5.32 Å². The monoisotopic (exact) mass is 577 g/mol. The summed E-state index contributed by atoms with van der Waals surface area (Å²) >= 11 is 0. The van der Waals surface area contributed by atoms with Crippen LogP contribution in [0.25, 0.3) is 0 Å². The number of carbonyl (C=O) groups excluding carboxylic acids is 2. The molecule has 2 atom stereocenters. The Balaban J connectivity index is 1.31. The number of benzene rings is 3. The fourth-order valence-corrected chi connectivity index (χ4v) is 7.14.